The zero-order valence-corrected chi connectivity index (χ0v) is 11.4. The zero-order chi connectivity index (χ0) is 15.0. The second-order valence-electron chi connectivity index (χ2n) is 4.38. The number of benzene rings is 2. The molecule has 1 aliphatic rings. The molecule has 1 fully saturated rings. The van der Waals surface area contributed by atoms with E-state index in [9.17, 15) is 18.5 Å². The number of sulfonamides is 1. The number of hydrogen-bond donors (Lipinski definition) is 0. The van der Waals surface area contributed by atoms with E-state index in [1.54, 1.807) is 18.2 Å². The van der Waals surface area contributed by atoms with Crippen LogP contribution >= 0.6 is 0 Å². The first-order valence-corrected chi connectivity index (χ1v) is 7.45. The minimum atomic E-state index is -3.71. The van der Waals surface area contributed by atoms with Crippen molar-refractivity contribution in [1.29, 1.82) is 0 Å². The van der Waals surface area contributed by atoms with Crippen molar-refractivity contribution in [2.75, 3.05) is 0 Å². The van der Waals surface area contributed by atoms with Crippen LogP contribution in [0.2, 0.25) is 0 Å². The quantitative estimate of drug-likeness (QED) is 0.490. The number of nitro benzene ring substituents is 1. The molecule has 2 atom stereocenters. The average molecular weight is 306 g/mol. The van der Waals surface area contributed by atoms with Crippen LogP contribution in [0.3, 0.4) is 0 Å². The van der Waals surface area contributed by atoms with Crippen LogP contribution < -0.4 is 0 Å². The highest BCUT2D eigenvalue weighted by Crippen LogP contribution is 2.42. The smallest absolute Gasteiger partial charge is 0.258 e. The summed E-state index contributed by atoms with van der Waals surface area (Å²) in [5.41, 5.74) is 0.483. The van der Waals surface area contributed by atoms with Crippen LogP contribution in [-0.2, 0) is 14.9 Å². The molecule has 0 spiro atoms. The molecule has 0 N–H and O–H groups in total. The lowest BCUT2D eigenvalue weighted by atomic mass is 10.2. The molecular weight excluding hydrogens is 296 g/mol. The van der Waals surface area contributed by atoms with Crippen LogP contribution in [0.25, 0.3) is 0 Å². The minimum absolute atomic E-state index is 0.0585. The molecule has 0 amide bonds. The molecule has 1 saturated heterocycles. The second-order valence-corrected chi connectivity index (χ2v) is 6.16. The molecule has 108 valence electrons. The maximum Gasteiger partial charge on any atom is 0.269 e. The van der Waals surface area contributed by atoms with Gasteiger partial charge in [-0.3, -0.25) is 15.0 Å². The van der Waals surface area contributed by atoms with Crippen molar-refractivity contribution in [1.82, 2.24) is 4.47 Å². The van der Waals surface area contributed by atoms with Gasteiger partial charge in [0.15, 0.2) is 6.23 Å². The average Bonchev–Trinajstić information content (AvgIpc) is 3.29. The molecule has 2 aromatic rings. The Hall–Kier alpha value is -2.29. The topological polar surface area (TPSA) is 92.8 Å². The highest BCUT2D eigenvalue weighted by Gasteiger charge is 2.48. The summed E-state index contributed by atoms with van der Waals surface area (Å²) in [7, 11) is -3.71. The normalized spacial score (nSPS) is 21.0. The lowest BCUT2D eigenvalue weighted by molar-refractivity contribution is -0.384. The molecule has 1 aliphatic heterocycles. The van der Waals surface area contributed by atoms with Crippen molar-refractivity contribution in [2.45, 2.75) is 11.1 Å². The van der Waals surface area contributed by atoms with Crippen molar-refractivity contribution >= 4 is 15.7 Å². The summed E-state index contributed by atoms with van der Waals surface area (Å²) in [4.78, 5) is 15.3. The molecular formula is C13H10N2O5S. The highest BCUT2D eigenvalue weighted by atomic mass is 32.2. The molecule has 0 radical (unpaired) electrons. The third kappa shape index (κ3) is 2.51. The Labute approximate surface area is 120 Å². The van der Waals surface area contributed by atoms with E-state index in [0.29, 0.717) is 5.56 Å². The van der Waals surface area contributed by atoms with Crippen molar-refractivity contribution < 1.29 is 18.2 Å². The molecule has 1 unspecified atom stereocenters. The molecule has 2 aromatic carbocycles. The number of nitro groups is 1. The number of hydrogen-bond acceptors (Lipinski definition) is 5. The third-order valence-electron chi connectivity index (χ3n) is 3.02. The second kappa shape index (κ2) is 4.92. The van der Waals surface area contributed by atoms with E-state index >= 15 is 0 Å². The van der Waals surface area contributed by atoms with E-state index < -0.39 is 21.2 Å². The Balaban J connectivity index is 1.81. The van der Waals surface area contributed by atoms with Crippen LogP contribution in [0, 0.1) is 10.1 Å². The molecule has 7 nitrogen and oxygen atoms in total. The van der Waals surface area contributed by atoms with Crippen LogP contribution in [0.4, 0.5) is 5.69 Å². The summed E-state index contributed by atoms with van der Waals surface area (Å²) in [6, 6.07) is 13.5. The predicted molar refractivity (Wildman–Crippen MR) is 72.4 cm³/mol. The summed E-state index contributed by atoms with van der Waals surface area (Å²) in [6.07, 6.45) is -0.740. The van der Waals surface area contributed by atoms with Gasteiger partial charge >= 0.3 is 0 Å². The van der Waals surface area contributed by atoms with E-state index in [4.69, 9.17) is 4.84 Å². The predicted octanol–water partition coefficient (Wildman–Crippen LogP) is 2.23. The standard InChI is InChI=1S/C13H10N2O5S/c16-14(17)11-8-6-10(7-9-11)13-15(20-13)21(18,19)12-4-2-1-3-5-12/h1-9,13H/t13-,15?/m0/s1. The Morgan fingerprint density at radius 3 is 2.24 bits per heavy atom. The Bertz CT molecular complexity index is 774. The first kappa shape index (κ1) is 13.7. The van der Waals surface area contributed by atoms with Gasteiger partial charge in [-0.05, 0) is 28.7 Å². The largest absolute Gasteiger partial charge is 0.269 e. The fourth-order valence-electron chi connectivity index (χ4n) is 1.89. The first-order valence-electron chi connectivity index (χ1n) is 6.01. The van der Waals surface area contributed by atoms with Gasteiger partial charge in [-0.15, -0.1) is 0 Å². The first-order chi connectivity index (χ1) is 10.00. The molecule has 1 heterocycles. The highest BCUT2D eigenvalue weighted by molar-refractivity contribution is 7.89. The van der Waals surface area contributed by atoms with Crippen molar-refractivity contribution in [3.63, 3.8) is 0 Å². The van der Waals surface area contributed by atoms with Gasteiger partial charge in [0.2, 0.25) is 0 Å². The Kier molecular flexibility index (Phi) is 3.20. The summed E-state index contributed by atoms with van der Waals surface area (Å²) in [6.45, 7) is 0. The number of non-ortho nitro benzene ring substituents is 1. The summed E-state index contributed by atoms with van der Waals surface area (Å²) in [5, 5.41) is 10.6. The van der Waals surface area contributed by atoms with Gasteiger partial charge in [0, 0.05) is 17.7 Å². The fraction of sp³-hybridized carbons (Fsp3) is 0.0769. The number of nitrogens with zero attached hydrogens (tertiary/aromatic N) is 2. The molecule has 8 heteroatoms. The maximum atomic E-state index is 12.2. The van der Waals surface area contributed by atoms with E-state index in [-0.39, 0.29) is 10.6 Å². The lowest BCUT2D eigenvalue weighted by Gasteiger charge is -2.01. The molecule has 0 aromatic heterocycles. The van der Waals surface area contributed by atoms with Crippen molar-refractivity contribution in [2.24, 2.45) is 0 Å². The van der Waals surface area contributed by atoms with Gasteiger partial charge in [0.1, 0.15) is 0 Å². The molecule has 21 heavy (non-hydrogen) atoms. The van der Waals surface area contributed by atoms with Crippen LogP contribution in [0.5, 0.6) is 0 Å². The van der Waals surface area contributed by atoms with Gasteiger partial charge in [-0.1, -0.05) is 18.2 Å². The van der Waals surface area contributed by atoms with Gasteiger partial charge in [0.05, 0.1) is 9.82 Å². The monoisotopic (exact) mass is 306 g/mol. The van der Waals surface area contributed by atoms with E-state index in [0.717, 1.165) is 4.47 Å². The van der Waals surface area contributed by atoms with E-state index in [1.807, 2.05) is 0 Å². The van der Waals surface area contributed by atoms with Gasteiger partial charge < -0.3 is 0 Å². The van der Waals surface area contributed by atoms with E-state index in [2.05, 4.69) is 0 Å². The maximum absolute atomic E-state index is 12.2. The fourth-order valence-corrected chi connectivity index (χ4v) is 3.17. The SMILES string of the molecule is O=[N+]([O-])c1ccc([C@@H]2ON2S(=O)(=O)c2ccccc2)cc1. The van der Waals surface area contributed by atoms with Crippen LogP contribution in [0.1, 0.15) is 11.8 Å². The number of rotatable bonds is 4. The summed E-state index contributed by atoms with van der Waals surface area (Å²) < 4.78 is 25.4. The Morgan fingerprint density at radius 2 is 1.67 bits per heavy atom. The molecule has 0 aliphatic carbocycles. The molecule has 3 rings (SSSR count). The Morgan fingerprint density at radius 1 is 1.05 bits per heavy atom. The zero-order valence-electron chi connectivity index (χ0n) is 10.6. The third-order valence-corrected chi connectivity index (χ3v) is 4.64. The van der Waals surface area contributed by atoms with Gasteiger partial charge in [-0.2, -0.15) is 0 Å². The molecule has 0 saturated carbocycles. The summed E-state index contributed by atoms with van der Waals surface area (Å²) >= 11 is 0. The van der Waals surface area contributed by atoms with Crippen LogP contribution in [-0.4, -0.2) is 17.8 Å². The van der Waals surface area contributed by atoms with Gasteiger partial charge in [0.25, 0.3) is 15.7 Å². The molecule has 0 bridgehead atoms. The lowest BCUT2D eigenvalue weighted by Crippen LogP contribution is -2.12. The van der Waals surface area contributed by atoms with Gasteiger partial charge in [-0.25, -0.2) is 8.42 Å². The van der Waals surface area contributed by atoms with E-state index in [1.165, 1.54) is 36.4 Å². The number of hydroxylamine groups is 1. The van der Waals surface area contributed by atoms with Crippen molar-refractivity contribution in [3.8, 4) is 0 Å². The van der Waals surface area contributed by atoms with Crippen molar-refractivity contribution in [3.05, 3.63) is 70.3 Å². The summed E-state index contributed by atoms with van der Waals surface area (Å²) in [5.74, 6) is 0. The van der Waals surface area contributed by atoms with Crippen LogP contribution in [0.15, 0.2) is 59.5 Å². The minimum Gasteiger partial charge on any atom is -0.258 e.